The molecule has 0 spiro atoms. The highest BCUT2D eigenvalue weighted by molar-refractivity contribution is 7.89. The van der Waals surface area contributed by atoms with Gasteiger partial charge in [0.05, 0.1) is 12.0 Å². The lowest BCUT2D eigenvalue weighted by molar-refractivity contribution is 0.385. The fraction of sp³-hybridized carbons (Fsp3) is 0.429. The summed E-state index contributed by atoms with van der Waals surface area (Å²) >= 11 is 0. The maximum absolute atomic E-state index is 13.3. The van der Waals surface area contributed by atoms with Crippen molar-refractivity contribution in [2.24, 2.45) is 0 Å². The largest absolute Gasteiger partial charge is 0.496 e. The van der Waals surface area contributed by atoms with E-state index >= 15 is 0 Å². The van der Waals surface area contributed by atoms with Crippen LogP contribution in [0.1, 0.15) is 36.5 Å². The zero-order chi connectivity index (χ0) is 18.7. The van der Waals surface area contributed by atoms with Gasteiger partial charge in [-0.1, -0.05) is 30.3 Å². The molecule has 26 heavy (non-hydrogen) atoms. The number of sulfonamides is 1. The van der Waals surface area contributed by atoms with Gasteiger partial charge in [0.25, 0.3) is 0 Å². The van der Waals surface area contributed by atoms with Gasteiger partial charge < -0.3 is 4.74 Å². The van der Waals surface area contributed by atoms with Crippen LogP contribution in [-0.4, -0.2) is 32.9 Å². The molecule has 2 aromatic carbocycles. The Bertz CT molecular complexity index is 862. The molecular weight excluding hydrogens is 346 g/mol. The van der Waals surface area contributed by atoms with Gasteiger partial charge in [-0.25, -0.2) is 8.42 Å². The average Bonchev–Trinajstić information content (AvgIpc) is 2.67. The summed E-state index contributed by atoms with van der Waals surface area (Å²) in [7, 11) is -0.219. The summed E-state index contributed by atoms with van der Waals surface area (Å²) in [6, 6.07) is 13.4. The second kappa shape index (κ2) is 7.80. The smallest absolute Gasteiger partial charge is 0.243 e. The van der Waals surface area contributed by atoms with Gasteiger partial charge in [0.1, 0.15) is 5.75 Å². The van der Waals surface area contributed by atoms with Crippen LogP contribution in [-0.2, 0) is 29.3 Å². The third-order valence-electron chi connectivity index (χ3n) is 5.32. The highest BCUT2D eigenvalue weighted by Gasteiger charge is 2.30. The first kappa shape index (κ1) is 18.9. The SMILES string of the molecule is COc1ccc(S(=O)(=O)N(C)[C@@H](C)Cc2ccccc2)c2c1CCCC2. The number of nitrogens with zero attached hydrogens (tertiary/aromatic N) is 1. The number of rotatable bonds is 6. The molecule has 0 radical (unpaired) electrons. The standard InChI is InChI=1S/C21H27NO3S/c1-16(15-17-9-5-4-6-10-17)22(2)26(23,24)21-14-13-20(25-3)18-11-7-8-12-19(18)21/h4-6,9-10,13-14,16H,7-8,11-12,15H2,1-3H3/t16-/m0/s1. The van der Waals surface area contributed by atoms with Crippen molar-refractivity contribution in [2.45, 2.75) is 50.0 Å². The molecule has 140 valence electrons. The fourth-order valence-corrected chi connectivity index (χ4v) is 5.35. The summed E-state index contributed by atoms with van der Waals surface area (Å²) in [5.74, 6) is 0.804. The van der Waals surface area contributed by atoms with Gasteiger partial charge in [-0.05, 0) is 67.9 Å². The Morgan fingerprint density at radius 1 is 1.04 bits per heavy atom. The lowest BCUT2D eigenvalue weighted by Gasteiger charge is -2.28. The molecule has 0 saturated heterocycles. The maximum atomic E-state index is 13.3. The molecule has 0 bridgehead atoms. The Labute approximate surface area is 156 Å². The van der Waals surface area contributed by atoms with Crippen LogP contribution in [0.4, 0.5) is 0 Å². The molecule has 1 atom stereocenters. The Morgan fingerprint density at radius 2 is 1.69 bits per heavy atom. The van der Waals surface area contributed by atoms with Crippen molar-refractivity contribution in [1.82, 2.24) is 4.31 Å². The molecule has 0 N–H and O–H groups in total. The average molecular weight is 374 g/mol. The maximum Gasteiger partial charge on any atom is 0.243 e. The Morgan fingerprint density at radius 3 is 2.35 bits per heavy atom. The van der Waals surface area contributed by atoms with Gasteiger partial charge in [-0.2, -0.15) is 4.31 Å². The van der Waals surface area contributed by atoms with Crippen LogP contribution in [0.3, 0.4) is 0 Å². The minimum Gasteiger partial charge on any atom is -0.496 e. The first-order valence-electron chi connectivity index (χ1n) is 9.16. The third-order valence-corrected chi connectivity index (χ3v) is 7.38. The van der Waals surface area contributed by atoms with Crippen LogP contribution in [0.2, 0.25) is 0 Å². The summed E-state index contributed by atoms with van der Waals surface area (Å²) in [6.07, 6.45) is 4.46. The summed E-state index contributed by atoms with van der Waals surface area (Å²) in [4.78, 5) is 0.440. The van der Waals surface area contributed by atoms with E-state index in [4.69, 9.17) is 4.74 Å². The van der Waals surface area contributed by atoms with Crippen LogP contribution in [0, 0.1) is 0 Å². The summed E-state index contributed by atoms with van der Waals surface area (Å²) in [5, 5.41) is 0. The van der Waals surface area contributed by atoms with Crippen LogP contribution in [0.25, 0.3) is 0 Å². The van der Waals surface area contributed by atoms with Crippen LogP contribution in [0.5, 0.6) is 5.75 Å². The molecule has 1 aliphatic carbocycles. The topological polar surface area (TPSA) is 46.6 Å². The molecule has 1 aliphatic rings. The number of hydrogen-bond donors (Lipinski definition) is 0. The van der Waals surface area contributed by atoms with Crippen molar-refractivity contribution in [2.75, 3.05) is 14.2 Å². The molecule has 0 saturated carbocycles. The Hall–Kier alpha value is -1.85. The van der Waals surface area contributed by atoms with Crippen molar-refractivity contribution >= 4 is 10.0 Å². The minimum atomic E-state index is -3.55. The number of methoxy groups -OCH3 is 1. The van der Waals surface area contributed by atoms with Gasteiger partial charge in [0.15, 0.2) is 0 Å². The van der Waals surface area contributed by atoms with Crippen LogP contribution >= 0.6 is 0 Å². The van der Waals surface area contributed by atoms with Gasteiger partial charge in [-0.3, -0.25) is 0 Å². The van der Waals surface area contributed by atoms with E-state index in [0.29, 0.717) is 11.3 Å². The predicted molar refractivity (Wildman–Crippen MR) is 104 cm³/mol. The molecule has 2 aromatic rings. The van der Waals surface area contributed by atoms with E-state index < -0.39 is 10.0 Å². The second-order valence-corrected chi connectivity index (χ2v) is 8.96. The second-order valence-electron chi connectivity index (χ2n) is 6.99. The summed E-state index contributed by atoms with van der Waals surface area (Å²) < 4.78 is 33.6. The molecule has 5 heteroatoms. The van der Waals surface area contributed by atoms with Crippen molar-refractivity contribution in [3.05, 3.63) is 59.2 Å². The van der Waals surface area contributed by atoms with E-state index in [-0.39, 0.29) is 6.04 Å². The van der Waals surface area contributed by atoms with Crippen molar-refractivity contribution in [3.63, 3.8) is 0 Å². The van der Waals surface area contributed by atoms with Gasteiger partial charge >= 0.3 is 0 Å². The van der Waals surface area contributed by atoms with Gasteiger partial charge in [0, 0.05) is 13.1 Å². The molecule has 4 nitrogen and oxygen atoms in total. The summed E-state index contributed by atoms with van der Waals surface area (Å²) in [6.45, 7) is 1.96. The lowest BCUT2D eigenvalue weighted by atomic mass is 9.91. The molecule has 0 fully saturated rings. The van der Waals surface area contributed by atoms with Crippen molar-refractivity contribution in [3.8, 4) is 5.75 Å². The van der Waals surface area contributed by atoms with E-state index in [1.807, 2.05) is 37.3 Å². The van der Waals surface area contributed by atoms with E-state index in [2.05, 4.69) is 0 Å². The summed E-state index contributed by atoms with van der Waals surface area (Å²) in [5.41, 5.74) is 3.14. The van der Waals surface area contributed by atoms with E-state index in [1.54, 1.807) is 26.3 Å². The van der Waals surface area contributed by atoms with E-state index in [9.17, 15) is 8.42 Å². The first-order chi connectivity index (χ1) is 12.4. The third kappa shape index (κ3) is 3.64. The number of hydrogen-bond acceptors (Lipinski definition) is 3. The van der Waals surface area contributed by atoms with Crippen LogP contribution in [0.15, 0.2) is 47.4 Å². The number of benzene rings is 2. The molecule has 0 aliphatic heterocycles. The number of ether oxygens (including phenoxy) is 1. The van der Waals surface area contributed by atoms with E-state index in [0.717, 1.165) is 48.1 Å². The van der Waals surface area contributed by atoms with Crippen LogP contribution < -0.4 is 4.74 Å². The zero-order valence-corrected chi connectivity index (χ0v) is 16.6. The molecule has 0 amide bonds. The normalized spacial score (nSPS) is 15.5. The monoisotopic (exact) mass is 373 g/mol. The van der Waals surface area contributed by atoms with Gasteiger partial charge in [-0.15, -0.1) is 0 Å². The van der Waals surface area contributed by atoms with Crippen molar-refractivity contribution < 1.29 is 13.2 Å². The quantitative estimate of drug-likeness (QED) is 0.773. The molecule has 3 rings (SSSR count). The van der Waals surface area contributed by atoms with Gasteiger partial charge in [0.2, 0.25) is 10.0 Å². The minimum absolute atomic E-state index is 0.122. The fourth-order valence-electron chi connectivity index (χ4n) is 3.71. The number of fused-ring (bicyclic) bond motifs is 1. The molecular formula is C21H27NO3S. The molecule has 0 heterocycles. The van der Waals surface area contributed by atoms with E-state index in [1.165, 1.54) is 4.31 Å². The molecule has 0 aromatic heterocycles. The highest BCUT2D eigenvalue weighted by Crippen LogP contribution is 2.35. The first-order valence-corrected chi connectivity index (χ1v) is 10.6. The Balaban J connectivity index is 1.92. The van der Waals surface area contributed by atoms with Crippen molar-refractivity contribution in [1.29, 1.82) is 0 Å². The zero-order valence-electron chi connectivity index (χ0n) is 15.7. The number of likely N-dealkylation sites (N-methyl/N-ethyl adjacent to an activating group) is 1. The predicted octanol–water partition coefficient (Wildman–Crippen LogP) is 3.83. The Kier molecular flexibility index (Phi) is 5.68. The highest BCUT2D eigenvalue weighted by atomic mass is 32.2. The lowest BCUT2D eigenvalue weighted by Crippen LogP contribution is -2.37. The molecule has 0 unspecified atom stereocenters.